The molecule has 41 heavy (non-hydrogen) atoms. The lowest BCUT2D eigenvalue weighted by Gasteiger charge is -2.16. The van der Waals surface area contributed by atoms with Crippen LogP contribution in [0.2, 0.25) is 5.02 Å². The molecule has 0 fully saturated rings. The standard InChI is InChI=1S/C30H30ClN5O4S/c1-36(2)30(38)22-7-4-6-20(16-22)21-10-11-27(40-3)28(17-21)41(39)35-24-9-5-8-23(18-24)33-14-15-34-29(37)25-19-32-13-12-26(25)31/h4-13,16-19,33,35H,14-15H2,1-3H3,(H,34,37). The summed E-state index contributed by atoms with van der Waals surface area (Å²) in [5, 5.41) is 6.38. The lowest BCUT2D eigenvalue weighted by atomic mass is 10.0. The van der Waals surface area contributed by atoms with Crippen LogP contribution < -0.4 is 20.1 Å². The van der Waals surface area contributed by atoms with Crippen molar-refractivity contribution in [1.29, 1.82) is 0 Å². The molecule has 4 aromatic rings. The number of hydrogen-bond acceptors (Lipinski definition) is 7. The number of ether oxygens (including phenoxy) is 1. The van der Waals surface area contributed by atoms with Gasteiger partial charge in [-0.2, -0.15) is 0 Å². The number of nitrogens with one attached hydrogen (secondary N) is 3. The number of pyridine rings is 1. The fourth-order valence-electron chi connectivity index (χ4n) is 3.97. The lowest BCUT2D eigenvalue weighted by Crippen LogP contribution is -2.29. The predicted molar refractivity (Wildman–Crippen MR) is 163 cm³/mol. The second-order valence-corrected chi connectivity index (χ2v) is 10.7. The summed E-state index contributed by atoms with van der Waals surface area (Å²) in [5.74, 6) is 0.0707. The van der Waals surface area contributed by atoms with Gasteiger partial charge >= 0.3 is 0 Å². The number of aromatic nitrogens is 1. The first-order valence-electron chi connectivity index (χ1n) is 12.7. The molecule has 0 saturated heterocycles. The number of hydrogen-bond donors (Lipinski definition) is 3. The van der Waals surface area contributed by atoms with Crippen LogP contribution >= 0.6 is 11.6 Å². The van der Waals surface area contributed by atoms with Crippen molar-refractivity contribution in [2.75, 3.05) is 44.3 Å². The van der Waals surface area contributed by atoms with E-state index >= 15 is 0 Å². The van der Waals surface area contributed by atoms with Crippen LogP contribution in [0.15, 0.2) is 90.1 Å². The number of carbonyl (C=O) groups is 2. The van der Waals surface area contributed by atoms with Gasteiger partial charge in [0, 0.05) is 56.9 Å². The van der Waals surface area contributed by atoms with Crippen molar-refractivity contribution in [1.82, 2.24) is 15.2 Å². The third-order valence-electron chi connectivity index (χ3n) is 6.04. The molecule has 3 N–H and O–H groups in total. The first-order valence-corrected chi connectivity index (χ1v) is 14.2. The van der Waals surface area contributed by atoms with Gasteiger partial charge in [0.05, 0.1) is 23.4 Å². The molecule has 0 saturated carbocycles. The number of methoxy groups -OCH3 is 1. The Balaban J connectivity index is 1.41. The van der Waals surface area contributed by atoms with Gasteiger partial charge in [0.1, 0.15) is 11.4 Å². The molecular formula is C30H30ClN5O4S. The molecule has 0 radical (unpaired) electrons. The van der Waals surface area contributed by atoms with Crippen LogP contribution in [0.5, 0.6) is 5.75 Å². The highest BCUT2D eigenvalue weighted by atomic mass is 35.5. The van der Waals surface area contributed by atoms with Crippen molar-refractivity contribution in [2.24, 2.45) is 0 Å². The first-order chi connectivity index (χ1) is 19.8. The van der Waals surface area contributed by atoms with E-state index in [-0.39, 0.29) is 11.8 Å². The van der Waals surface area contributed by atoms with Gasteiger partial charge in [-0.05, 0) is 53.6 Å². The fourth-order valence-corrected chi connectivity index (χ4v) is 5.18. The highest BCUT2D eigenvalue weighted by Crippen LogP contribution is 2.32. The van der Waals surface area contributed by atoms with Crippen LogP contribution in [0.1, 0.15) is 20.7 Å². The third kappa shape index (κ3) is 7.69. The van der Waals surface area contributed by atoms with Crippen LogP contribution in [-0.2, 0) is 11.4 Å². The Labute approximate surface area is 247 Å². The van der Waals surface area contributed by atoms with Gasteiger partial charge in [0.2, 0.25) is 4.90 Å². The summed E-state index contributed by atoms with van der Waals surface area (Å²) in [4.78, 5) is 30.6. The Morgan fingerprint density at radius 3 is 2.49 bits per heavy atom. The molecule has 4 rings (SSSR count). The van der Waals surface area contributed by atoms with Crippen LogP contribution in [-0.4, -0.2) is 60.5 Å². The molecule has 0 aliphatic rings. The fraction of sp³-hybridized carbons (Fsp3) is 0.167. The van der Waals surface area contributed by atoms with E-state index in [0.717, 1.165) is 16.8 Å². The average molecular weight is 592 g/mol. The number of carbonyl (C=O) groups excluding carboxylic acids is 2. The maximum absolute atomic E-state index is 13.4. The van der Waals surface area contributed by atoms with Crippen molar-refractivity contribution in [3.05, 3.63) is 101 Å². The summed E-state index contributed by atoms with van der Waals surface area (Å²) >= 11 is 4.40. The zero-order valence-electron chi connectivity index (χ0n) is 22.8. The van der Waals surface area contributed by atoms with Crippen molar-refractivity contribution < 1.29 is 18.9 Å². The van der Waals surface area contributed by atoms with Gasteiger partial charge in [-0.15, -0.1) is 0 Å². The number of nitrogens with zero attached hydrogens (tertiary/aromatic N) is 2. The normalized spacial score (nSPS) is 11.3. The Morgan fingerprint density at radius 1 is 0.976 bits per heavy atom. The van der Waals surface area contributed by atoms with Crippen LogP contribution in [0, 0.1) is 0 Å². The van der Waals surface area contributed by atoms with Crippen LogP contribution in [0.4, 0.5) is 11.4 Å². The summed E-state index contributed by atoms with van der Waals surface area (Å²) in [6.07, 6.45) is 2.95. The smallest absolute Gasteiger partial charge is 0.254 e. The average Bonchev–Trinajstić information content (AvgIpc) is 2.99. The topological polar surface area (TPSA) is 119 Å². The molecule has 0 aliphatic heterocycles. The van der Waals surface area contributed by atoms with Crippen molar-refractivity contribution in [2.45, 2.75) is 4.90 Å². The van der Waals surface area contributed by atoms with Gasteiger partial charge in [-0.1, -0.05) is 35.9 Å². The maximum Gasteiger partial charge on any atom is 0.254 e. The molecule has 11 heteroatoms. The molecular weight excluding hydrogens is 562 g/mol. The number of rotatable bonds is 11. The quantitative estimate of drug-likeness (QED) is 0.164. The molecule has 1 heterocycles. The van der Waals surface area contributed by atoms with Crippen molar-refractivity contribution >= 4 is 46.2 Å². The minimum atomic E-state index is -1.65. The minimum absolute atomic E-state index is 0.0976. The Hall–Kier alpha value is -4.25. The zero-order valence-corrected chi connectivity index (χ0v) is 24.4. The number of halogens is 1. The number of benzene rings is 3. The summed E-state index contributed by atoms with van der Waals surface area (Å²) in [7, 11) is 4.94. The van der Waals surface area contributed by atoms with E-state index in [9.17, 15) is 14.1 Å². The van der Waals surface area contributed by atoms with E-state index in [1.165, 1.54) is 24.4 Å². The van der Waals surface area contributed by atoms with Gasteiger partial charge in [-0.3, -0.25) is 14.6 Å². The molecule has 212 valence electrons. The number of amides is 2. The van der Waals surface area contributed by atoms with E-state index in [1.54, 1.807) is 38.4 Å². The molecule has 1 atom stereocenters. The molecule has 0 spiro atoms. The Morgan fingerprint density at radius 2 is 1.73 bits per heavy atom. The van der Waals surface area contributed by atoms with Gasteiger partial charge in [-0.25, -0.2) is 4.72 Å². The summed E-state index contributed by atoms with van der Waals surface area (Å²) < 4.78 is 21.9. The maximum atomic E-state index is 13.4. The highest BCUT2D eigenvalue weighted by molar-refractivity contribution is 7.92. The highest BCUT2D eigenvalue weighted by Gasteiger charge is 2.20. The van der Waals surface area contributed by atoms with Gasteiger partial charge < -0.3 is 24.8 Å². The molecule has 0 bridgehead atoms. The van der Waals surface area contributed by atoms with E-state index in [0.29, 0.717) is 45.6 Å². The number of anilines is 2. The van der Waals surface area contributed by atoms with E-state index in [4.69, 9.17) is 16.3 Å². The zero-order chi connectivity index (χ0) is 29.4. The van der Waals surface area contributed by atoms with E-state index in [1.807, 2.05) is 48.5 Å². The Kier molecular flexibility index (Phi) is 10.1. The lowest BCUT2D eigenvalue weighted by molar-refractivity contribution is 0.0827. The van der Waals surface area contributed by atoms with Crippen molar-refractivity contribution in [3.63, 3.8) is 0 Å². The monoisotopic (exact) mass is 591 g/mol. The van der Waals surface area contributed by atoms with E-state index < -0.39 is 11.4 Å². The molecule has 0 aliphatic carbocycles. The molecule has 2 amide bonds. The summed E-state index contributed by atoms with van der Waals surface area (Å²) in [6.45, 7) is 0.820. The molecule has 9 nitrogen and oxygen atoms in total. The predicted octanol–water partition coefficient (Wildman–Crippen LogP) is 5.09. The van der Waals surface area contributed by atoms with Crippen LogP contribution in [0.25, 0.3) is 11.1 Å². The van der Waals surface area contributed by atoms with Gasteiger partial charge in [0.25, 0.3) is 11.8 Å². The summed E-state index contributed by atoms with van der Waals surface area (Å²) in [5.41, 5.74) is 3.91. The SMILES string of the molecule is COc1ccc(-c2cccc(C(=O)N(C)C)c2)cc1[S+]([O-])Nc1cccc(NCCNC(=O)c2cnccc2Cl)c1. The Bertz CT molecular complexity index is 1530. The van der Waals surface area contributed by atoms with Crippen molar-refractivity contribution in [3.8, 4) is 16.9 Å². The molecule has 1 unspecified atom stereocenters. The molecule has 3 aromatic carbocycles. The minimum Gasteiger partial charge on any atom is -0.588 e. The second-order valence-electron chi connectivity index (χ2n) is 9.14. The third-order valence-corrected chi connectivity index (χ3v) is 7.51. The molecule has 1 aromatic heterocycles. The van der Waals surface area contributed by atoms with E-state index in [2.05, 4.69) is 20.3 Å². The first kappa shape index (κ1) is 29.7. The van der Waals surface area contributed by atoms with Gasteiger partial charge in [0.15, 0.2) is 5.75 Å². The largest absolute Gasteiger partial charge is 0.588 e. The summed E-state index contributed by atoms with van der Waals surface area (Å²) in [6, 6.07) is 21.6. The second kappa shape index (κ2) is 13.9. The van der Waals surface area contributed by atoms with Crippen LogP contribution in [0.3, 0.4) is 0 Å².